The summed E-state index contributed by atoms with van der Waals surface area (Å²) >= 11 is 0. The number of nitrogens with one attached hydrogen (secondary N) is 2. The summed E-state index contributed by atoms with van der Waals surface area (Å²) < 4.78 is 73.0. The van der Waals surface area contributed by atoms with E-state index in [0.29, 0.717) is 26.1 Å². The second-order valence-electron chi connectivity index (χ2n) is 11.3. The zero-order chi connectivity index (χ0) is 34.4. The normalized spacial score (nSPS) is 19.6. The fourth-order valence-electron chi connectivity index (χ4n) is 5.17. The van der Waals surface area contributed by atoms with E-state index in [0.717, 1.165) is 22.4 Å². The molecule has 2 unspecified atom stereocenters. The number of phenols is 1. The number of esters is 2. The molecule has 0 amide bonds. The topological polar surface area (TPSA) is 160 Å². The summed E-state index contributed by atoms with van der Waals surface area (Å²) in [4.78, 5) is 23.8. The van der Waals surface area contributed by atoms with E-state index in [1.165, 1.54) is 5.56 Å². The van der Waals surface area contributed by atoms with Gasteiger partial charge in [0.05, 0.1) is 20.3 Å². The molecule has 0 aromatic heterocycles. The number of carbonyl (C=O) groups is 2. The molecule has 4 N–H and O–H groups in total. The molecular formula is C30H41F3N2O9S. The first-order valence-corrected chi connectivity index (χ1v) is 15.5. The first kappa shape index (κ1) is 37.8. The van der Waals surface area contributed by atoms with Crippen LogP contribution >= 0.6 is 0 Å². The lowest BCUT2D eigenvalue weighted by Gasteiger charge is -2.38. The number of halogens is 3. The highest BCUT2D eigenvalue weighted by molar-refractivity contribution is 7.86. The van der Waals surface area contributed by atoms with Gasteiger partial charge in [0.25, 0.3) is 0 Å². The van der Waals surface area contributed by atoms with Gasteiger partial charge >= 0.3 is 27.6 Å². The van der Waals surface area contributed by atoms with Crippen molar-refractivity contribution in [2.75, 3.05) is 20.3 Å². The molecule has 15 heteroatoms. The fraction of sp³-hybridized carbons (Fsp3) is 0.533. The Hall–Kier alpha value is -3.40. The Bertz CT molecular complexity index is 1460. The van der Waals surface area contributed by atoms with E-state index in [4.69, 9.17) is 27.2 Å². The zero-order valence-electron chi connectivity index (χ0n) is 26.2. The largest absolute Gasteiger partial charge is 0.522 e. The highest BCUT2D eigenvalue weighted by Gasteiger charge is 2.44. The number of alkyl halides is 3. The van der Waals surface area contributed by atoms with E-state index in [-0.39, 0.29) is 40.8 Å². The molecule has 2 aliphatic rings. The van der Waals surface area contributed by atoms with Gasteiger partial charge in [0.2, 0.25) is 0 Å². The number of methoxy groups -OCH3 is 1. The highest BCUT2D eigenvalue weighted by Crippen LogP contribution is 2.34. The number of phenolic OH excluding ortho intramolecular Hbond substituents is 1. The number of fused-ring (bicyclic) bond motifs is 2. The van der Waals surface area contributed by atoms with Crippen molar-refractivity contribution in [1.82, 2.24) is 10.6 Å². The van der Waals surface area contributed by atoms with Crippen molar-refractivity contribution < 1.29 is 55.0 Å². The van der Waals surface area contributed by atoms with Crippen LogP contribution in [0.15, 0.2) is 36.4 Å². The van der Waals surface area contributed by atoms with E-state index >= 15 is 0 Å². The number of carbonyl (C=O) groups excluding carboxylic acids is 2. The fourth-order valence-corrected chi connectivity index (χ4v) is 5.17. The highest BCUT2D eigenvalue weighted by atomic mass is 32.2. The van der Waals surface area contributed by atoms with Gasteiger partial charge in [0, 0.05) is 11.1 Å². The second kappa shape index (κ2) is 14.8. The molecule has 11 nitrogen and oxygen atoms in total. The molecule has 2 aliphatic heterocycles. The molecule has 2 heterocycles. The minimum absolute atomic E-state index is 0.191. The number of hydrogen-bond acceptors (Lipinski definition) is 10. The van der Waals surface area contributed by atoms with Crippen LogP contribution < -0.4 is 15.4 Å². The van der Waals surface area contributed by atoms with Gasteiger partial charge in [-0.15, -0.1) is 0 Å². The summed E-state index contributed by atoms with van der Waals surface area (Å²) in [7, 11) is -4.19. The van der Waals surface area contributed by atoms with Crippen molar-refractivity contribution in [3.05, 3.63) is 58.7 Å². The van der Waals surface area contributed by atoms with Crippen molar-refractivity contribution in [2.24, 2.45) is 0 Å². The summed E-state index contributed by atoms with van der Waals surface area (Å²) in [6.45, 7) is 12.6. The predicted molar refractivity (Wildman–Crippen MR) is 159 cm³/mol. The van der Waals surface area contributed by atoms with Gasteiger partial charge in [-0.1, -0.05) is 12.1 Å². The van der Waals surface area contributed by atoms with E-state index in [2.05, 4.69) is 30.5 Å². The van der Waals surface area contributed by atoms with Crippen molar-refractivity contribution in [2.45, 2.75) is 83.1 Å². The van der Waals surface area contributed by atoms with Crippen molar-refractivity contribution in [3.8, 4) is 11.5 Å². The molecule has 0 spiro atoms. The lowest BCUT2D eigenvalue weighted by molar-refractivity contribution is -0.147. The van der Waals surface area contributed by atoms with Gasteiger partial charge < -0.3 is 19.3 Å². The van der Waals surface area contributed by atoms with Crippen LogP contribution in [0, 0.1) is 0 Å². The summed E-state index contributed by atoms with van der Waals surface area (Å²) in [5, 5.41) is 16.2. The summed E-state index contributed by atoms with van der Waals surface area (Å²) in [5.74, 6) is 0.622. The molecule has 2 aromatic carbocycles. The lowest BCUT2D eigenvalue weighted by atomic mass is 9.82. The van der Waals surface area contributed by atoms with Crippen LogP contribution in [0.2, 0.25) is 0 Å². The molecule has 0 radical (unpaired) electrons. The molecule has 0 bridgehead atoms. The van der Waals surface area contributed by atoms with E-state index in [1.54, 1.807) is 26.2 Å². The molecule has 4 rings (SSSR count). The van der Waals surface area contributed by atoms with E-state index in [1.807, 2.05) is 39.0 Å². The number of hydrogen-bond donors (Lipinski definition) is 4. The van der Waals surface area contributed by atoms with Crippen LogP contribution in [0.4, 0.5) is 13.2 Å². The minimum atomic E-state index is -5.84. The SMILES string of the molecule is CCOC(=O)C1Cc2cc(O)ccc2C(C)(C)N1.CCOC(=O)C1Cc2cc(OC)ccc2C(C)(C)N1.O=S(=O)(O)C(F)(F)F. The van der Waals surface area contributed by atoms with Crippen molar-refractivity contribution >= 4 is 22.1 Å². The predicted octanol–water partition coefficient (Wildman–Crippen LogP) is 4.11. The molecule has 2 aromatic rings. The van der Waals surface area contributed by atoms with Crippen LogP contribution in [-0.2, 0) is 53.1 Å². The molecule has 2 atom stereocenters. The number of aromatic hydroxyl groups is 1. The van der Waals surface area contributed by atoms with Crippen LogP contribution in [0.25, 0.3) is 0 Å². The van der Waals surface area contributed by atoms with Gasteiger partial charge in [-0.2, -0.15) is 21.6 Å². The average molecular weight is 663 g/mol. The third kappa shape index (κ3) is 10.0. The third-order valence-corrected chi connectivity index (χ3v) is 7.69. The number of rotatable bonds is 5. The van der Waals surface area contributed by atoms with Gasteiger partial charge in [0.1, 0.15) is 23.6 Å². The molecule has 45 heavy (non-hydrogen) atoms. The molecule has 252 valence electrons. The summed E-state index contributed by atoms with van der Waals surface area (Å²) in [5.41, 5.74) is -1.64. The van der Waals surface area contributed by atoms with Crippen molar-refractivity contribution in [1.29, 1.82) is 0 Å². The Morgan fingerprint density at radius 1 is 0.867 bits per heavy atom. The maximum Gasteiger partial charge on any atom is 0.522 e. The lowest BCUT2D eigenvalue weighted by Crippen LogP contribution is -2.53. The third-order valence-electron chi connectivity index (χ3n) is 7.10. The van der Waals surface area contributed by atoms with Gasteiger partial charge in [0.15, 0.2) is 0 Å². The van der Waals surface area contributed by atoms with E-state index in [9.17, 15) is 27.9 Å². The Labute approximate surface area is 261 Å². The Morgan fingerprint density at radius 3 is 1.64 bits per heavy atom. The Kier molecular flexibility index (Phi) is 12.4. The van der Waals surface area contributed by atoms with Crippen LogP contribution in [0.1, 0.15) is 63.8 Å². The van der Waals surface area contributed by atoms with Crippen LogP contribution in [0.3, 0.4) is 0 Å². The van der Waals surface area contributed by atoms with Gasteiger partial charge in [-0.3, -0.25) is 24.8 Å². The Balaban J connectivity index is 0.000000255. The molecule has 0 fully saturated rings. The smallest absolute Gasteiger partial charge is 0.508 e. The first-order chi connectivity index (χ1) is 20.7. The maximum atomic E-state index is 11.9. The summed E-state index contributed by atoms with van der Waals surface area (Å²) in [6.07, 6.45) is 1.18. The molecule has 0 saturated heterocycles. The molecule has 0 saturated carbocycles. The van der Waals surface area contributed by atoms with Gasteiger partial charge in [-0.25, -0.2) is 0 Å². The first-order valence-electron chi connectivity index (χ1n) is 14.1. The summed E-state index contributed by atoms with van der Waals surface area (Å²) in [6, 6.07) is 10.7. The molecular weight excluding hydrogens is 621 g/mol. The standard InChI is InChI=1S/C15H21NO3.C14H19NO3.CHF3O3S/c1-5-19-14(17)13-9-10-8-11(18-4)6-7-12(10)15(2,3)16-13;1-4-18-13(17)12-8-9-7-10(16)5-6-11(9)14(2,3)15-12;2-1(3,4)8(5,6)7/h6-8,13,16H,5,9H2,1-4H3;5-7,12,15-16H,4,8H2,1-3H3;(H,5,6,7). The quantitative estimate of drug-likeness (QED) is 0.207. The van der Waals surface area contributed by atoms with Crippen molar-refractivity contribution in [3.63, 3.8) is 0 Å². The zero-order valence-corrected chi connectivity index (χ0v) is 27.1. The number of ether oxygens (including phenoxy) is 3. The van der Waals surface area contributed by atoms with Gasteiger partial charge in [-0.05, 0) is 101 Å². The Morgan fingerprint density at radius 2 is 1.27 bits per heavy atom. The maximum absolute atomic E-state index is 11.9. The molecule has 0 aliphatic carbocycles. The van der Waals surface area contributed by atoms with Crippen LogP contribution in [0.5, 0.6) is 11.5 Å². The number of benzene rings is 2. The second-order valence-corrected chi connectivity index (χ2v) is 12.8. The average Bonchev–Trinajstić information content (AvgIpc) is 2.91. The monoisotopic (exact) mass is 662 g/mol. The van der Waals surface area contributed by atoms with Crippen LogP contribution in [-0.4, -0.2) is 67.9 Å². The minimum Gasteiger partial charge on any atom is -0.508 e. The van der Waals surface area contributed by atoms with E-state index < -0.39 is 15.6 Å².